The number of nitrogens with zero attached hydrogens (tertiary/aromatic N) is 2. The standard InChI is InChI=1S/C17H25N3/c1-4-6-14-7-9-15(10-8-14)16(18-11-5-2)17-19-12-13-20(17)3/h7-10,12-13,16,18H,4-6,11H2,1-3H3. The summed E-state index contributed by atoms with van der Waals surface area (Å²) in [7, 11) is 2.05. The number of hydrogen-bond donors (Lipinski definition) is 1. The molecule has 0 spiro atoms. The van der Waals surface area contributed by atoms with Gasteiger partial charge in [-0.05, 0) is 30.5 Å². The average Bonchev–Trinajstić information content (AvgIpc) is 2.88. The van der Waals surface area contributed by atoms with Crippen LogP contribution in [0.5, 0.6) is 0 Å². The molecule has 3 heteroatoms. The van der Waals surface area contributed by atoms with Crippen molar-refractivity contribution in [3.8, 4) is 0 Å². The molecule has 2 aromatic rings. The Labute approximate surface area is 122 Å². The Balaban J connectivity index is 2.24. The van der Waals surface area contributed by atoms with Crippen LogP contribution in [0, 0.1) is 0 Å². The van der Waals surface area contributed by atoms with E-state index >= 15 is 0 Å². The van der Waals surface area contributed by atoms with Crippen molar-refractivity contribution in [1.82, 2.24) is 14.9 Å². The predicted octanol–water partition coefficient (Wildman–Crippen LogP) is 3.46. The van der Waals surface area contributed by atoms with E-state index in [1.165, 1.54) is 17.5 Å². The van der Waals surface area contributed by atoms with Crippen LogP contribution in [0.25, 0.3) is 0 Å². The van der Waals surface area contributed by atoms with Gasteiger partial charge in [0.2, 0.25) is 0 Å². The van der Waals surface area contributed by atoms with Crippen molar-refractivity contribution < 1.29 is 0 Å². The van der Waals surface area contributed by atoms with Gasteiger partial charge in [0.25, 0.3) is 0 Å². The molecule has 0 saturated carbocycles. The summed E-state index contributed by atoms with van der Waals surface area (Å²) in [6.45, 7) is 5.40. The second kappa shape index (κ2) is 7.25. The molecule has 0 aliphatic heterocycles. The van der Waals surface area contributed by atoms with E-state index in [2.05, 4.69) is 60.0 Å². The number of aromatic nitrogens is 2. The van der Waals surface area contributed by atoms with E-state index in [4.69, 9.17) is 0 Å². The fourth-order valence-electron chi connectivity index (χ4n) is 2.47. The molecule has 0 fully saturated rings. The number of nitrogens with one attached hydrogen (secondary N) is 1. The van der Waals surface area contributed by atoms with Crippen molar-refractivity contribution in [2.45, 2.75) is 39.2 Å². The van der Waals surface area contributed by atoms with Gasteiger partial charge in [0.15, 0.2) is 0 Å². The molecular weight excluding hydrogens is 246 g/mol. The first-order chi connectivity index (χ1) is 9.76. The lowest BCUT2D eigenvalue weighted by Crippen LogP contribution is -2.25. The Bertz CT molecular complexity index is 513. The Morgan fingerprint density at radius 1 is 1.15 bits per heavy atom. The topological polar surface area (TPSA) is 29.9 Å². The van der Waals surface area contributed by atoms with Crippen LogP contribution in [0.3, 0.4) is 0 Å². The predicted molar refractivity (Wildman–Crippen MR) is 83.8 cm³/mol. The van der Waals surface area contributed by atoms with Crippen LogP contribution in [0.1, 0.15) is 49.7 Å². The van der Waals surface area contributed by atoms with Crippen LogP contribution in [0.4, 0.5) is 0 Å². The lowest BCUT2D eigenvalue weighted by Gasteiger charge is -2.19. The van der Waals surface area contributed by atoms with Gasteiger partial charge in [-0.2, -0.15) is 0 Å². The van der Waals surface area contributed by atoms with Gasteiger partial charge < -0.3 is 9.88 Å². The number of imidazole rings is 1. The molecule has 0 saturated heterocycles. The van der Waals surface area contributed by atoms with E-state index in [0.717, 1.165) is 25.2 Å². The van der Waals surface area contributed by atoms with Gasteiger partial charge in [0.1, 0.15) is 5.82 Å². The molecule has 20 heavy (non-hydrogen) atoms. The van der Waals surface area contributed by atoms with Gasteiger partial charge in [-0.1, -0.05) is 44.5 Å². The number of benzene rings is 1. The first kappa shape index (κ1) is 14.8. The summed E-state index contributed by atoms with van der Waals surface area (Å²) >= 11 is 0. The summed E-state index contributed by atoms with van der Waals surface area (Å²) in [4.78, 5) is 4.50. The highest BCUT2D eigenvalue weighted by Crippen LogP contribution is 2.21. The second-order valence-corrected chi connectivity index (χ2v) is 5.28. The normalized spacial score (nSPS) is 12.6. The highest BCUT2D eigenvalue weighted by atomic mass is 15.1. The van der Waals surface area contributed by atoms with Crippen LogP contribution < -0.4 is 5.32 Å². The molecule has 1 aromatic heterocycles. The SMILES string of the molecule is CCCNC(c1ccc(CCC)cc1)c1nccn1C. The molecule has 0 bridgehead atoms. The Kier molecular flexibility index (Phi) is 5.36. The minimum atomic E-state index is 0.172. The minimum absolute atomic E-state index is 0.172. The lowest BCUT2D eigenvalue weighted by atomic mass is 10.0. The molecule has 1 N–H and O–H groups in total. The van der Waals surface area contributed by atoms with E-state index in [0.29, 0.717) is 0 Å². The van der Waals surface area contributed by atoms with E-state index in [9.17, 15) is 0 Å². The van der Waals surface area contributed by atoms with Gasteiger partial charge in [-0.3, -0.25) is 0 Å². The molecule has 0 aliphatic carbocycles. The van der Waals surface area contributed by atoms with Crippen molar-refractivity contribution in [2.24, 2.45) is 7.05 Å². The highest BCUT2D eigenvalue weighted by molar-refractivity contribution is 5.29. The van der Waals surface area contributed by atoms with Gasteiger partial charge in [0.05, 0.1) is 6.04 Å². The molecule has 1 heterocycles. The first-order valence-corrected chi connectivity index (χ1v) is 7.55. The summed E-state index contributed by atoms with van der Waals surface area (Å²) in [5, 5.41) is 3.60. The zero-order valence-corrected chi connectivity index (χ0v) is 12.8. The zero-order valence-electron chi connectivity index (χ0n) is 12.8. The van der Waals surface area contributed by atoms with Crippen molar-refractivity contribution >= 4 is 0 Å². The summed E-state index contributed by atoms with van der Waals surface area (Å²) in [6.07, 6.45) is 7.32. The molecule has 3 nitrogen and oxygen atoms in total. The summed E-state index contributed by atoms with van der Waals surface area (Å²) in [5.74, 6) is 1.07. The Morgan fingerprint density at radius 3 is 2.45 bits per heavy atom. The number of hydrogen-bond acceptors (Lipinski definition) is 2. The summed E-state index contributed by atoms with van der Waals surface area (Å²) in [6, 6.07) is 9.11. The smallest absolute Gasteiger partial charge is 0.130 e. The summed E-state index contributed by atoms with van der Waals surface area (Å²) < 4.78 is 2.09. The van der Waals surface area contributed by atoms with Gasteiger partial charge in [-0.15, -0.1) is 0 Å². The molecule has 2 rings (SSSR count). The minimum Gasteiger partial charge on any atom is -0.336 e. The first-order valence-electron chi connectivity index (χ1n) is 7.55. The van der Waals surface area contributed by atoms with Crippen molar-refractivity contribution in [3.63, 3.8) is 0 Å². The Morgan fingerprint density at radius 2 is 1.90 bits per heavy atom. The number of aryl methyl sites for hydroxylation is 2. The third-order valence-corrected chi connectivity index (χ3v) is 3.57. The van der Waals surface area contributed by atoms with Gasteiger partial charge >= 0.3 is 0 Å². The Hall–Kier alpha value is -1.61. The fraction of sp³-hybridized carbons (Fsp3) is 0.471. The van der Waals surface area contributed by atoms with Crippen LogP contribution >= 0.6 is 0 Å². The maximum atomic E-state index is 4.50. The van der Waals surface area contributed by atoms with Crippen LogP contribution in [-0.4, -0.2) is 16.1 Å². The third-order valence-electron chi connectivity index (χ3n) is 3.57. The van der Waals surface area contributed by atoms with Crippen molar-refractivity contribution in [2.75, 3.05) is 6.54 Å². The maximum Gasteiger partial charge on any atom is 0.130 e. The molecule has 1 unspecified atom stereocenters. The molecule has 108 valence electrons. The highest BCUT2D eigenvalue weighted by Gasteiger charge is 2.17. The molecule has 0 radical (unpaired) electrons. The lowest BCUT2D eigenvalue weighted by molar-refractivity contribution is 0.555. The van der Waals surface area contributed by atoms with Crippen LogP contribution in [0.15, 0.2) is 36.7 Å². The monoisotopic (exact) mass is 271 g/mol. The fourth-order valence-corrected chi connectivity index (χ4v) is 2.47. The third kappa shape index (κ3) is 3.48. The summed E-state index contributed by atoms with van der Waals surface area (Å²) in [5.41, 5.74) is 2.69. The van der Waals surface area contributed by atoms with Crippen LogP contribution in [0.2, 0.25) is 0 Å². The molecule has 0 aliphatic rings. The van der Waals surface area contributed by atoms with Gasteiger partial charge in [0, 0.05) is 19.4 Å². The van der Waals surface area contributed by atoms with Crippen LogP contribution in [-0.2, 0) is 13.5 Å². The maximum absolute atomic E-state index is 4.50. The van der Waals surface area contributed by atoms with E-state index in [1.807, 2.05) is 12.4 Å². The molecule has 1 aromatic carbocycles. The molecule has 1 atom stereocenters. The second-order valence-electron chi connectivity index (χ2n) is 5.28. The van der Waals surface area contributed by atoms with Gasteiger partial charge in [-0.25, -0.2) is 4.98 Å². The van der Waals surface area contributed by atoms with E-state index < -0.39 is 0 Å². The van der Waals surface area contributed by atoms with Crippen molar-refractivity contribution in [1.29, 1.82) is 0 Å². The average molecular weight is 271 g/mol. The van der Waals surface area contributed by atoms with E-state index in [1.54, 1.807) is 0 Å². The molecular formula is C17H25N3. The van der Waals surface area contributed by atoms with Crippen molar-refractivity contribution in [3.05, 3.63) is 53.6 Å². The zero-order chi connectivity index (χ0) is 14.4. The largest absolute Gasteiger partial charge is 0.336 e. The van der Waals surface area contributed by atoms with E-state index in [-0.39, 0.29) is 6.04 Å². The quantitative estimate of drug-likeness (QED) is 0.835. The number of rotatable bonds is 7. The molecule has 0 amide bonds.